The number of aryl methyl sites for hydroxylation is 1. The smallest absolute Gasteiger partial charge is 0.214 e. The van der Waals surface area contributed by atoms with Crippen molar-refractivity contribution < 1.29 is 4.74 Å². The molecule has 0 aromatic carbocycles. The van der Waals surface area contributed by atoms with Crippen LogP contribution in [0.3, 0.4) is 0 Å². The predicted octanol–water partition coefficient (Wildman–Crippen LogP) is 1.84. The van der Waals surface area contributed by atoms with Crippen LogP contribution < -0.4 is 4.74 Å². The van der Waals surface area contributed by atoms with Crippen molar-refractivity contribution in [1.29, 1.82) is 0 Å². The number of hydrogen-bond acceptors (Lipinski definition) is 3. The van der Waals surface area contributed by atoms with Gasteiger partial charge in [-0.05, 0) is 6.07 Å². The number of methoxy groups -OCH3 is 1. The lowest BCUT2D eigenvalue weighted by Gasteiger charge is -2.06. The summed E-state index contributed by atoms with van der Waals surface area (Å²) in [5, 5.41) is 0. The van der Waals surface area contributed by atoms with Gasteiger partial charge < -0.3 is 4.74 Å². The first-order chi connectivity index (χ1) is 7.35. The van der Waals surface area contributed by atoms with E-state index in [1.807, 2.05) is 29.0 Å². The van der Waals surface area contributed by atoms with E-state index >= 15 is 0 Å². The van der Waals surface area contributed by atoms with Crippen LogP contribution in [0.25, 0.3) is 5.82 Å². The van der Waals surface area contributed by atoms with E-state index in [-0.39, 0.29) is 0 Å². The summed E-state index contributed by atoms with van der Waals surface area (Å²) in [4.78, 5) is 8.59. The lowest BCUT2D eigenvalue weighted by atomic mass is 10.4. The Morgan fingerprint density at radius 2 is 2.27 bits per heavy atom. The van der Waals surface area contributed by atoms with E-state index in [1.165, 1.54) is 0 Å². The Morgan fingerprint density at radius 3 is 3.00 bits per heavy atom. The van der Waals surface area contributed by atoms with Crippen molar-refractivity contribution in [3.05, 3.63) is 36.4 Å². The van der Waals surface area contributed by atoms with Crippen molar-refractivity contribution >= 4 is 0 Å². The Morgan fingerprint density at radius 1 is 1.40 bits per heavy atom. The third-order valence-electron chi connectivity index (χ3n) is 2.20. The third kappa shape index (κ3) is 1.83. The Hall–Kier alpha value is -1.84. The van der Waals surface area contributed by atoms with Gasteiger partial charge in [-0.3, -0.25) is 4.57 Å². The Balaban J connectivity index is 2.44. The van der Waals surface area contributed by atoms with Gasteiger partial charge in [0.1, 0.15) is 11.6 Å². The van der Waals surface area contributed by atoms with E-state index in [1.54, 1.807) is 13.3 Å². The zero-order valence-electron chi connectivity index (χ0n) is 8.84. The molecule has 4 nitrogen and oxygen atoms in total. The molecule has 0 radical (unpaired) electrons. The summed E-state index contributed by atoms with van der Waals surface area (Å²) < 4.78 is 7.04. The minimum atomic E-state index is 0.614. The van der Waals surface area contributed by atoms with Gasteiger partial charge >= 0.3 is 0 Å². The monoisotopic (exact) mass is 203 g/mol. The maximum absolute atomic E-state index is 5.08. The minimum absolute atomic E-state index is 0.614. The second kappa shape index (κ2) is 4.13. The van der Waals surface area contributed by atoms with Crippen LogP contribution in [0.5, 0.6) is 5.88 Å². The molecule has 2 heterocycles. The number of ether oxygens (including phenoxy) is 1. The van der Waals surface area contributed by atoms with Gasteiger partial charge in [0.25, 0.3) is 0 Å². The van der Waals surface area contributed by atoms with E-state index in [0.29, 0.717) is 5.88 Å². The first-order valence-corrected chi connectivity index (χ1v) is 4.88. The number of rotatable bonds is 3. The van der Waals surface area contributed by atoms with Gasteiger partial charge in [0, 0.05) is 24.9 Å². The molecule has 0 unspecified atom stereocenters. The van der Waals surface area contributed by atoms with Gasteiger partial charge in [0.15, 0.2) is 0 Å². The topological polar surface area (TPSA) is 39.9 Å². The molecule has 2 aromatic heterocycles. The minimum Gasteiger partial charge on any atom is -0.481 e. The van der Waals surface area contributed by atoms with Gasteiger partial charge in [-0.15, -0.1) is 0 Å². The van der Waals surface area contributed by atoms with Crippen molar-refractivity contribution in [2.24, 2.45) is 0 Å². The summed E-state index contributed by atoms with van der Waals surface area (Å²) in [7, 11) is 1.61. The quantitative estimate of drug-likeness (QED) is 0.764. The molecule has 0 aliphatic heterocycles. The van der Waals surface area contributed by atoms with E-state index in [4.69, 9.17) is 4.74 Å². The first kappa shape index (κ1) is 9.71. The molecule has 15 heavy (non-hydrogen) atoms. The zero-order valence-corrected chi connectivity index (χ0v) is 8.84. The van der Waals surface area contributed by atoms with Crippen LogP contribution in [0.4, 0.5) is 0 Å². The van der Waals surface area contributed by atoms with Gasteiger partial charge in [0.2, 0.25) is 5.88 Å². The molecule has 0 atom stereocenters. The van der Waals surface area contributed by atoms with E-state index in [9.17, 15) is 0 Å². The molecule has 0 spiro atoms. The highest BCUT2D eigenvalue weighted by atomic mass is 16.5. The summed E-state index contributed by atoms with van der Waals surface area (Å²) in [6.07, 6.45) is 4.56. The Bertz CT molecular complexity index is 451. The highest BCUT2D eigenvalue weighted by Gasteiger charge is 2.04. The SMILES string of the molecule is CCc1nccn1-c1cccc(OC)n1. The van der Waals surface area contributed by atoms with Gasteiger partial charge in [-0.2, -0.15) is 4.98 Å². The van der Waals surface area contributed by atoms with Crippen LogP contribution in [0.1, 0.15) is 12.7 Å². The molecule has 0 saturated carbocycles. The molecule has 0 amide bonds. The highest BCUT2D eigenvalue weighted by molar-refractivity contribution is 5.28. The van der Waals surface area contributed by atoms with Crippen LogP contribution in [0, 0.1) is 0 Å². The first-order valence-electron chi connectivity index (χ1n) is 4.88. The second-order valence-electron chi connectivity index (χ2n) is 3.11. The molecule has 78 valence electrons. The van der Waals surface area contributed by atoms with Crippen molar-refractivity contribution in [1.82, 2.24) is 14.5 Å². The average molecular weight is 203 g/mol. The summed E-state index contributed by atoms with van der Waals surface area (Å²) in [5.41, 5.74) is 0. The molecule has 2 rings (SSSR count). The fourth-order valence-electron chi connectivity index (χ4n) is 1.46. The van der Waals surface area contributed by atoms with Crippen LogP contribution >= 0.6 is 0 Å². The third-order valence-corrected chi connectivity index (χ3v) is 2.20. The van der Waals surface area contributed by atoms with Crippen molar-refractivity contribution in [2.75, 3.05) is 7.11 Å². The van der Waals surface area contributed by atoms with Crippen LogP contribution in [-0.4, -0.2) is 21.6 Å². The fraction of sp³-hybridized carbons (Fsp3) is 0.273. The Kier molecular flexibility index (Phi) is 2.67. The lowest BCUT2D eigenvalue weighted by molar-refractivity contribution is 0.397. The van der Waals surface area contributed by atoms with Crippen LogP contribution in [-0.2, 0) is 6.42 Å². The summed E-state index contributed by atoms with van der Waals surface area (Å²) in [6, 6.07) is 5.68. The fourth-order valence-corrected chi connectivity index (χ4v) is 1.46. The summed E-state index contributed by atoms with van der Waals surface area (Å²) >= 11 is 0. The molecular formula is C11H13N3O. The van der Waals surface area contributed by atoms with Gasteiger partial charge in [-0.25, -0.2) is 4.98 Å². The largest absolute Gasteiger partial charge is 0.481 e. The predicted molar refractivity (Wildman–Crippen MR) is 57.3 cm³/mol. The molecule has 0 fully saturated rings. The zero-order chi connectivity index (χ0) is 10.7. The second-order valence-corrected chi connectivity index (χ2v) is 3.11. The number of aromatic nitrogens is 3. The van der Waals surface area contributed by atoms with Crippen molar-refractivity contribution in [3.8, 4) is 11.7 Å². The number of hydrogen-bond donors (Lipinski definition) is 0. The van der Waals surface area contributed by atoms with Gasteiger partial charge in [-0.1, -0.05) is 13.0 Å². The number of nitrogens with zero attached hydrogens (tertiary/aromatic N) is 3. The normalized spacial score (nSPS) is 10.3. The molecule has 0 saturated heterocycles. The van der Waals surface area contributed by atoms with Gasteiger partial charge in [0.05, 0.1) is 7.11 Å². The molecule has 0 bridgehead atoms. The molecule has 0 N–H and O–H groups in total. The van der Waals surface area contributed by atoms with E-state index in [2.05, 4.69) is 16.9 Å². The summed E-state index contributed by atoms with van der Waals surface area (Å²) in [6.45, 7) is 2.07. The maximum Gasteiger partial charge on any atom is 0.214 e. The van der Waals surface area contributed by atoms with E-state index < -0.39 is 0 Å². The average Bonchev–Trinajstić information content (AvgIpc) is 2.77. The molecule has 0 aliphatic carbocycles. The van der Waals surface area contributed by atoms with Crippen molar-refractivity contribution in [3.63, 3.8) is 0 Å². The molecule has 4 heteroatoms. The van der Waals surface area contributed by atoms with Crippen LogP contribution in [0.15, 0.2) is 30.6 Å². The molecular weight excluding hydrogens is 190 g/mol. The standard InChI is InChI=1S/C11H13N3O/c1-3-9-12-7-8-14(9)10-5-4-6-11(13-10)15-2/h4-8H,3H2,1-2H3. The Labute approximate surface area is 88.6 Å². The number of pyridine rings is 1. The molecule has 0 aliphatic rings. The van der Waals surface area contributed by atoms with E-state index in [0.717, 1.165) is 18.1 Å². The molecule has 2 aromatic rings. The van der Waals surface area contributed by atoms with Crippen LogP contribution in [0.2, 0.25) is 0 Å². The number of imidazole rings is 1. The maximum atomic E-state index is 5.08. The lowest BCUT2D eigenvalue weighted by Crippen LogP contribution is -2.02. The van der Waals surface area contributed by atoms with Crippen molar-refractivity contribution in [2.45, 2.75) is 13.3 Å². The highest BCUT2D eigenvalue weighted by Crippen LogP contribution is 2.12. The summed E-state index contributed by atoms with van der Waals surface area (Å²) in [5.74, 6) is 2.45.